The number of phenolic OH excluding ortho intramolecular Hbond substituents is 1. The molecule has 0 saturated heterocycles. The van der Waals surface area contributed by atoms with Gasteiger partial charge in [-0.1, -0.05) is 17.7 Å². The number of hydrogen-bond donors (Lipinski definition) is 2. The maximum atomic E-state index is 9.15. The van der Waals surface area contributed by atoms with Gasteiger partial charge >= 0.3 is 0 Å². The minimum atomic E-state index is 0.302. The number of aryl methyl sites for hydroxylation is 1. The van der Waals surface area contributed by atoms with Crippen LogP contribution in [0.3, 0.4) is 0 Å². The van der Waals surface area contributed by atoms with Crippen LogP contribution in [0.5, 0.6) is 5.75 Å². The molecule has 0 unspecified atom stereocenters. The molecule has 3 N–H and O–H groups in total. The van der Waals surface area contributed by atoms with Crippen LogP contribution in [0, 0.1) is 6.92 Å². The van der Waals surface area contributed by atoms with Crippen LogP contribution >= 0.6 is 0 Å². The summed E-state index contributed by atoms with van der Waals surface area (Å²) in [4.78, 5) is 0. The summed E-state index contributed by atoms with van der Waals surface area (Å²) in [6.45, 7) is 2.07. The molecule has 2 nitrogen and oxygen atoms in total. The number of benzene rings is 2. The van der Waals surface area contributed by atoms with Crippen molar-refractivity contribution < 1.29 is 10.4 Å². The Morgan fingerprint density at radius 1 is 0.800 bits per heavy atom. The highest BCUT2D eigenvalue weighted by atomic mass is 16.3. The van der Waals surface area contributed by atoms with Gasteiger partial charge in [0.1, 0.15) is 17.1 Å². The fourth-order valence-electron chi connectivity index (χ4n) is 1.43. The van der Waals surface area contributed by atoms with Gasteiger partial charge in [0.25, 0.3) is 0 Å². The van der Waals surface area contributed by atoms with E-state index in [9.17, 15) is 0 Å². The lowest BCUT2D eigenvalue weighted by atomic mass is 10.2. The van der Waals surface area contributed by atoms with Crippen molar-refractivity contribution in [3.05, 3.63) is 54.1 Å². The first kappa shape index (κ1) is 9.74. The average Bonchev–Trinajstić information content (AvgIpc) is 2.25. The van der Waals surface area contributed by atoms with Crippen molar-refractivity contribution in [2.75, 3.05) is 0 Å². The Morgan fingerprint density at radius 2 is 1.27 bits per heavy atom. The third kappa shape index (κ3) is 2.58. The van der Waals surface area contributed by atoms with Gasteiger partial charge in [-0.15, -0.1) is 0 Å². The van der Waals surface area contributed by atoms with Gasteiger partial charge in [-0.2, -0.15) is 0 Å². The molecule has 2 aromatic rings. The molecule has 15 heavy (non-hydrogen) atoms. The van der Waals surface area contributed by atoms with Crippen LogP contribution in [0.15, 0.2) is 48.5 Å². The second-order valence-electron chi connectivity index (χ2n) is 3.65. The van der Waals surface area contributed by atoms with E-state index in [0.29, 0.717) is 5.75 Å². The van der Waals surface area contributed by atoms with Crippen LogP contribution in [0.1, 0.15) is 5.56 Å². The summed E-state index contributed by atoms with van der Waals surface area (Å²) in [5.74, 6) is 0.302. The maximum absolute atomic E-state index is 9.15. The molecule has 76 valence electrons. The van der Waals surface area contributed by atoms with Gasteiger partial charge in [-0.3, -0.25) is 5.32 Å². The molecule has 2 aromatic carbocycles. The fraction of sp³-hybridized carbons (Fsp3) is 0.0769. The monoisotopic (exact) mass is 200 g/mol. The summed E-state index contributed by atoms with van der Waals surface area (Å²) in [6.07, 6.45) is 0. The highest BCUT2D eigenvalue weighted by molar-refractivity contribution is 5.39. The molecule has 0 heterocycles. The summed E-state index contributed by atoms with van der Waals surface area (Å²) in [7, 11) is 0. The minimum Gasteiger partial charge on any atom is -0.508 e. The van der Waals surface area contributed by atoms with Gasteiger partial charge in [-0.05, 0) is 31.2 Å². The third-order valence-electron chi connectivity index (χ3n) is 2.30. The van der Waals surface area contributed by atoms with Gasteiger partial charge in [0.15, 0.2) is 0 Å². The van der Waals surface area contributed by atoms with Crippen LogP contribution in [-0.2, 0) is 0 Å². The summed E-state index contributed by atoms with van der Waals surface area (Å²) in [6, 6.07) is 15.5. The zero-order valence-electron chi connectivity index (χ0n) is 8.64. The number of nitrogens with two attached hydrogens (primary N) is 1. The SMILES string of the molecule is Cc1ccc([NH2+]c2ccc(O)cc2)cc1. The Labute approximate surface area is 89.2 Å². The van der Waals surface area contributed by atoms with Gasteiger partial charge in [0.05, 0.1) is 0 Å². The molecule has 2 heteroatoms. The van der Waals surface area contributed by atoms with E-state index in [0.717, 1.165) is 5.69 Å². The topological polar surface area (TPSA) is 36.8 Å². The Bertz CT molecular complexity index is 388. The van der Waals surface area contributed by atoms with Crippen molar-refractivity contribution in [3.8, 4) is 5.75 Å². The molecule has 0 atom stereocenters. The van der Waals surface area contributed by atoms with Crippen LogP contribution in [0.4, 0.5) is 11.4 Å². The van der Waals surface area contributed by atoms with E-state index in [2.05, 4.69) is 36.5 Å². The normalized spacial score (nSPS) is 10.2. The van der Waals surface area contributed by atoms with E-state index in [-0.39, 0.29) is 0 Å². The molecule has 2 rings (SSSR count). The Morgan fingerprint density at radius 3 is 1.80 bits per heavy atom. The van der Waals surface area contributed by atoms with E-state index >= 15 is 0 Å². The number of rotatable bonds is 2. The lowest BCUT2D eigenvalue weighted by Crippen LogP contribution is -2.70. The third-order valence-corrected chi connectivity index (χ3v) is 2.30. The van der Waals surface area contributed by atoms with Crippen molar-refractivity contribution in [3.63, 3.8) is 0 Å². The molecule has 0 aliphatic rings. The first-order chi connectivity index (χ1) is 7.24. The standard InChI is InChI=1S/C13H13NO/c1-10-2-4-11(5-3-10)14-12-6-8-13(15)9-7-12/h2-9,14-15H,1H3/p+1. The van der Waals surface area contributed by atoms with Crippen molar-refractivity contribution in [1.82, 2.24) is 0 Å². The first-order valence-electron chi connectivity index (χ1n) is 4.94. The lowest BCUT2D eigenvalue weighted by molar-refractivity contribution is -0.478. The van der Waals surface area contributed by atoms with Gasteiger partial charge < -0.3 is 5.11 Å². The quantitative estimate of drug-likeness (QED) is 0.566. The van der Waals surface area contributed by atoms with E-state index in [1.165, 1.54) is 11.3 Å². The number of aromatic hydroxyl groups is 1. The Kier molecular flexibility index (Phi) is 2.70. The fourth-order valence-corrected chi connectivity index (χ4v) is 1.43. The predicted octanol–water partition coefficient (Wildman–Crippen LogP) is 2.23. The number of hydrogen-bond acceptors (Lipinski definition) is 1. The second-order valence-corrected chi connectivity index (χ2v) is 3.65. The largest absolute Gasteiger partial charge is 0.508 e. The van der Waals surface area contributed by atoms with Crippen LogP contribution in [0.2, 0.25) is 0 Å². The van der Waals surface area contributed by atoms with Crippen LogP contribution in [-0.4, -0.2) is 5.11 Å². The molecule has 0 spiro atoms. The molecule has 0 aliphatic heterocycles. The molecular formula is C13H14NO+. The Balaban J connectivity index is 2.15. The predicted molar refractivity (Wildman–Crippen MR) is 60.5 cm³/mol. The van der Waals surface area contributed by atoms with Crippen molar-refractivity contribution in [2.24, 2.45) is 0 Å². The molecule has 0 bridgehead atoms. The highest BCUT2D eigenvalue weighted by Gasteiger charge is 1.99. The summed E-state index contributed by atoms with van der Waals surface area (Å²) < 4.78 is 0. The van der Waals surface area contributed by atoms with E-state index in [4.69, 9.17) is 5.11 Å². The number of phenols is 1. The van der Waals surface area contributed by atoms with Crippen molar-refractivity contribution in [1.29, 1.82) is 0 Å². The van der Waals surface area contributed by atoms with Crippen LogP contribution < -0.4 is 5.32 Å². The molecule has 0 aliphatic carbocycles. The zero-order valence-corrected chi connectivity index (χ0v) is 8.64. The second kappa shape index (κ2) is 4.15. The summed E-state index contributed by atoms with van der Waals surface area (Å²) >= 11 is 0. The average molecular weight is 200 g/mol. The molecule has 0 aromatic heterocycles. The smallest absolute Gasteiger partial charge is 0.134 e. The van der Waals surface area contributed by atoms with E-state index in [1.54, 1.807) is 12.1 Å². The van der Waals surface area contributed by atoms with E-state index in [1.807, 2.05) is 12.1 Å². The highest BCUT2D eigenvalue weighted by Crippen LogP contribution is 2.11. The molecule has 0 saturated carbocycles. The first-order valence-corrected chi connectivity index (χ1v) is 4.94. The summed E-state index contributed by atoms with van der Waals surface area (Å²) in [5, 5.41) is 11.2. The minimum absolute atomic E-state index is 0.302. The molecule has 0 amide bonds. The maximum Gasteiger partial charge on any atom is 0.134 e. The van der Waals surface area contributed by atoms with E-state index < -0.39 is 0 Å². The molecular weight excluding hydrogens is 186 g/mol. The van der Waals surface area contributed by atoms with Gasteiger partial charge in [-0.25, -0.2) is 0 Å². The zero-order chi connectivity index (χ0) is 10.7. The number of quaternary nitrogens is 1. The lowest BCUT2D eigenvalue weighted by Gasteiger charge is -2.00. The van der Waals surface area contributed by atoms with Gasteiger partial charge in [0.2, 0.25) is 0 Å². The Hall–Kier alpha value is -1.80. The molecule has 0 radical (unpaired) electrons. The van der Waals surface area contributed by atoms with Gasteiger partial charge in [0, 0.05) is 12.1 Å². The summed E-state index contributed by atoms with van der Waals surface area (Å²) in [5.41, 5.74) is 3.53. The molecule has 0 fully saturated rings. The van der Waals surface area contributed by atoms with Crippen molar-refractivity contribution in [2.45, 2.75) is 6.92 Å². The van der Waals surface area contributed by atoms with Crippen molar-refractivity contribution >= 4 is 11.4 Å². The van der Waals surface area contributed by atoms with Crippen LogP contribution in [0.25, 0.3) is 0 Å².